The molecule has 0 fully saturated rings. The maximum absolute atomic E-state index is 12.5. The van der Waals surface area contributed by atoms with E-state index in [-0.39, 0.29) is 18.8 Å². The van der Waals surface area contributed by atoms with Crippen molar-refractivity contribution in [1.29, 1.82) is 0 Å². The number of amides is 1. The van der Waals surface area contributed by atoms with E-state index in [2.05, 4.69) is 4.99 Å². The van der Waals surface area contributed by atoms with Crippen molar-refractivity contribution < 1.29 is 29.3 Å². The molecule has 0 atom stereocenters. The summed E-state index contributed by atoms with van der Waals surface area (Å²) in [5.74, 6) is -0.287. The molecule has 2 aromatic rings. The summed E-state index contributed by atoms with van der Waals surface area (Å²) in [6.07, 6.45) is 3.53. The minimum atomic E-state index is -0.909. The van der Waals surface area contributed by atoms with Crippen LogP contribution in [0.3, 0.4) is 0 Å². The highest BCUT2D eigenvalue weighted by Crippen LogP contribution is 2.30. The molecule has 3 heterocycles. The van der Waals surface area contributed by atoms with Gasteiger partial charge in [-0.1, -0.05) is 0 Å². The van der Waals surface area contributed by atoms with E-state index in [1.165, 1.54) is 10.6 Å². The number of nitrogens with zero attached hydrogens (tertiary/aromatic N) is 2. The Labute approximate surface area is 173 Å². The van der Waals surface area contributed by atoms with Crippen molar-refractivity contribution in [3.63, 3.8) is 0 Å². The number of carbonyl (C=O) groups is 2. The SMILES string of the molecule is O=C(O)CCCn1c(O)c(C=C2C=c3cc4c(cc3=NC2=O)OCCO4)sc1=S. The highest BCUT2D eigenvalue weighted by atomic mass is 32.1. The van der Waals surface area contributed by atoms with Crippen molar-refractivity contribution in [3.8, 4) is 17.4 Å². The Morgan fingerprint density at radius 1 is 1.31 bits per heavy atom. The van der Waals surface area contributed by atoms with E-state index in [1.807, 2.05) is 0 Å². The molecule has 2 N–H and O–H groups in total. The topological polar surface area (TPSA) is 110 Å². The van der Waals surface area contributed by atoms with Gasteiger partial charge in [0.05, 0.1) is 10.2 Å². The van der Waals surface area contributed by atoms with Gasteiger partial charge >= 0.3 is 5.97 Å². The second-order valence-corrected chi connectivity index (χ2v) is 8.10. The number of ether oxygens (including phenoxy) is 2. The highest BCUT2D eigenvalue weighted by Gasteiger charge is 2.18. The number of carboxylic acid groups (broad SMARTS) is 1. The van der Waals surface area contributed by atoms with Gasteiger partial charge in [-0.15, -0.1) is 11.3 Å². The first-order valence-corrected chi connectivity index (χ1v) is 10.1. The average molecular weight is 432 g/mol. The van der Waals surface area contributed by atoms with E-state index < -0.39 is 11.9 Å². The predicted octanol–water partition coefficient (Wildman–Crippen LogP) is 1.64. The van der Waals surface area contributed by atoms with Crippen molar-refractivity contribution in [2.75, 3.05) is 13.2 Å². The second-order valence-electron chi connectivity index (χ2n) is 6.42. The molecule has 29 heavy (non-hydrogen) atoms. The minimum absolute atomic E-state index is 0.0223. The lowest BCUT2D eigenvalue weighted by atomic mass is 10.1. The highest BCUT2D eigenvalue weighted by molar-refractivity contribution is 7.73. The molecule has 0 aliphatic carbocycles. The zero-order valence-corrected chi connectivity index (χ0v) is 16.7. The van der Waals surface area contributed by atoms with Crippen molar-refractivity contribution >= 4 is 47.6 Å². The van der Waals surface area contributed by atoms with Crippen LogP contribution in [0.25, 0.3) is 12.2 Å². The van der Waals surface area contributed by atoms with E-state index in [0.717, 1.165) is 11.3 Å². The molecule has 0 bridgehead atoms. The van der Waals surface area contributed by atoms with Crippen LogP contribution >= 0.6 is 23.6 Å². The van der Waals surface area contributed by atoms with Crippen molar-refractivity contribution in [3.05, 3.63) is 37.1 Å². The Morgan fingerprint density at radius 3 is 2.76 bits per heavy atom. The van der Waals surface area contributed by atoms with Gasteiger partial charge in [-0.05, 0) is 36.9 Å². The number of hydrogen-bond acceptors (Lipinski definition) is 7. The quantitative estimate of drug-likeness (QED) is 0.546. The first kappa shape index (κ1) is 19.3. The van der Waals surface area contributed by atoms with Gasteiger partial charge in [0, 0.05) is 29.8 Å². The Bertz CT molecular complexity index is 1220. The standard InChI is InChI=1S/C19H16N2O6S2/c22-16(23)2-1-3-21-18(25)15(29-19(21)28)8-11-6-10-7-13-14(27-5-4-26-13)9-12(10)20-17(11)24/h6-9,25H,1-5H2,(H,22,23). The van der Waals surface area contributed by atoms with Gasteiger partial charge < -0.3 is 19.7 Å². The van der Waals surface area contributed by atoms with E-state index in [0.29, 0.717) is 56.1 Å². The molecule has 1 aromatic carbocycles. The number of carboxylic acids is 1. The molecule has 2 aliphatic rings. The van der Waals surface area contributed by atoms with Gasteiger partial charge in [0.15, 0.2) is 15.5 Å². The van der Waals surface area contributed by atoms with Crippen LogP contribution in [0.1, 0.15) is 17.7 Å². The maximum Gasteiger partial charge on any atom is 0.303 e. The summed E-state index contributed by atoms with van der Waals surface area (Å²) in [5, 5.41) is 20.4. The van der Waals surface area contributed by atoms with Crippen LogP contribution < -0.4 is 20.0 Å². The summed E-state index contributed by atoms with van der Waals surface area (Å²) in [6.45, 7) is 1.18. The second kappa shape index (κ2) is 7.80. The molecular weight excluding hydrogens is 416 g/mol. The average Bonchev–Trinajstić information content (AvgIpc) is 2.94. The Hall–Kier alpha value is -2.98. The zero-order chi connectivity index (χ0) is 20.5. The van der Waals surface area contributed by atoms with Gasteiger partial charge in [-0.25, -0.2) is 4.99 Å². The fourth-order valence-electron chi connectivity index (χ4n) is 3.05. The molecule has 1 aromatic heterocycles. The number of carbonyl (C=O) groups excluding carboxylic acids is 1. The third-order valence-electron chi connectivity index (χ3n) is 4.42. The van der Waals surface area contributed by atoms with Crippen molar-refractivity contribution in [1.82, 2.24) is 4.57 Å². The molecule has 150 valence electrons. The van der Waals surface area contributed by atoms with Gasteiger partial charge in [-0.3, -0.25) is 14.2 Å². The zero-order valence-electron chi connectivity index (χ0n) is 15.1. The van der Waals surface area contributed by atoms with Gasteiger partial charge in [0.1, 0.15) is 13.2 Å². The third-order valence-corrected chi connectivity index (χ3v) is 5.81. The van der Waals surface area contributed by atoms with Crippen LogP contribution in [0.15, 0.2) is 22.7 Å². The fraction of sp³-hybridized carbons (Fsp3) is 0.263. The van der Waals surface area contributed by atoms with Crippen LogP contribution in [0.5, 0.6) is 17.4 Å². The van der Waals surface area contributed by atoms with Crippen LogP contribution in [0.4, 0.5) is 0 Å². The number of aromatic hydroxyl groups is 1. The van der Waals surface area contributed by atoms with Crippen LogP contribution in [-0.2, 0) is 16.1 Å². The van der Waals surface area contributed by atoms with Crippen LogP contribution in [0.2, 0.25) is 0 Å². The lowest BCUT2D eigenvalue weighted by Crippen LogP contribution is -2.32. The molecule has 0 unspecified atom stereocenters. The lowest BCUT2D eigenvalue weighted by Gasteiger charge is -2.18. The molecule has 8 nitrogen and oxygen atoms in total. The molecule has 0 saturated carbocycles. The molecular formula is C19H16N2O6S2. The Morgan fingerprint density at radius 2 is 2.03 bits per heavy atom. The number of fused-ring (bicyclic) bond motifs is 2. The summed E-state index contributed by atoms with van der Waals surface area (Å²) in [6, 6.07) is 3.45. The number of hydrogen-bond donors (Lipinski definition) is 2. The summed E-state index contributed by atoms with van der Waals surface area (Å²) >= 11 is 6.41. The fourth-order valence-corrected chi connectivity index (χ4v) is 4.36. The van der Waals surface area contributed by atoms with E-state index in [9.17, 15) is 14.7 Å². The maximum atomic E-state index is 12.5. The largest absolute Gasteiger partial charge is 0.493 e. The number of aliphatic carboxylic acids is 1. The van der Waals surface area contributed by atoms with E-state index >= 15 is 0 Å². The number of aromatic nitrogens is 1. The molecule has 0 radical (unpaired) electrons. The van der Waals surface area contributed by atoms with Crippen LogP contribution in [-0.4, -0.2) is 39.9 Å². The molecule has 0 saturated heterocycles. The van der Waals surface area contributed by atoms with E-state index in [1.54, 1.807) is 18.2 Å². The molecule has 4 rings (SSSR count). The van der Waals surface area contributed by atoms with Crippen LogP contribution in [0, 0.1) is 3.95 Å². The minimum Gasteiger partial charge on any atom is -0.493 e. The lowest BCUT2D eigenvalue weighted by molar-refractivity contribution is -0.137. The van der Waals surface area contributed by atoms with Crippen molar-refractivity contribution in [2.45, 2.75) is 19.4 Å². The smallest absolute Gasteiger partial charge is 0.303 e. The first-order valence-electron chi connectivity index (χ1n) is 8.83. The normalized spacial score (nSPS) is 16.1. The molecule has 1 amide bonds. The predicted molar refractivity (Wildman–Crippen MR) is 107 cm³/mol. The Balaban J connectivity index is 1.69. The summed E-state index contributed by atoms with van der Waals surface area (Å²) in [4.78, 5) is 27.7. The van der Waals surface area contributed by atoms with Gasteiger partial charge in [-0.2, -0.15) is 0 Å². The summed E-state index contributed by atoms with van der Waals surface area (Å²) < 4.78 is 13.0. The molecule has 10 heteroatoms. The van der Waals surface area contributed by atoms with E-state index in [4.69, 9.17) is 26.8 Å². The number of rotatable bonds is 5. The van der Waals surface area contributed by atoms with Gasteiger partial charge in [0.25, 0.3) is 5.91 Å². The Kier molecular flexibility index (Phi) is 5.20. The number of thiazole rings is 1. The van der Waals surface area contributed by atoms with Crippen molar-refractivity contribution in [2.24, 2.45) is 4.99 Å². The van der Waals surface area contributed by atoms with Gasteiger partial charge in [0.2, 0.25) is 5.88 Å². The first-order chi connectivity index (χ1) is 13.9. The third kappa shape index (κ3) is 3.94. The molecule has 0 spiro atoms. The summed E-state index contributed by atoms with van der Waals surface area (Å²) in [7, 11) is 0. The molecule has 2 aliphatic heterocycles. The monoisotopic (exact) mass is 432 g/mol. The summed E-state index contributed by atoms with van der Waals surface area (Å²) in [5.41, 5.74) is 0.304. The number of benzene rings is 1.